The van der Waals surface area contributed by atoms with E-state index in [1.54, 1.807) is 21.0 Å². The Morgan fingerprint density at radius 3 is 2.00 bits per heavy atom. The van der Waals surface area contributed by atoms with Gasteiger partial charge in [0.1, 0.15) is 0 Å². The van der Waals surface area contributed by atoms with Crippen molar-refractivity contribution in [3.8, 4) is 0 Å². The Bertz CT molecular complexity index is 100. The van der Waals surface area contributed by atoms with Crippen LogP contribution in [0.15, 0.2) is 0 Å². The molecule has 0 heterocycles. The monoisotopic (exact) mass is 186 g/mol. The van der Waals surface area contributed by atoms with Gasteiger partial charge < -0.3 is 5.11 Å². The van der Waals surface area contributed by atoms with Gasteiger partial charge >= 0.3 is 0 Å². The average Bonchev–Trinajstić information content (AvgIpc) is 1.60. The molecule has 0 spiro atoms. The summed E-state index contributed by atoms with van der Waals surface area (Å²) in [5, 5.41) is 8.93. The first-order valence-corrected chi connectivity index (χ1v) is 3.97. The summed E-state index contributed by atoms with van der Waals surface area (Å²) >= 11 is 11.7. The molecule has 2 unspecified atom stereocenters. The van der Waals surface area contributed by atoms with Crippen LogP contribution in [0.1, 0.15) is 13.3 Å². The topological polar surface area (TPSA) is 20.2 Å². The highest BCUT2D eigenvalue weighted by molar-refractivity contribution is 6.21. The van der Waals surface area contributed by atoms with Crippen molar-refractivity contribution in [1.82, 2.24) is 0 Å². The predicted molar refractivity (Wildman–Crippen MR) is 43.9 cm³/mol. The van der Waals surface area contributed by atoms with Crippen LogP contribution in [0.2, 0.25) is 0 Å². The number of quaternary nitrogens is 1. The lowest BCUT2D eigenvalue weighted by Gasteiger charge is -2.24. The van der Waals surface area contributed by atoms with E-state index in [-0.39, 0.29) is 9.50 Å². The number of hydrogen-bond donors (Lipinski definition) is 1. The highest BCUT2D eigenvalue weighted by Crippen LogP contribution is 2.19. The van der Waals surface area contributed by atoms with Crippen LogP contribution in [-0.4, -0.2) is 34.8 Å². The van der Waals surface area contributed by atoms with Crippen LogP contribution in [0.3, 0.4) is 0 Å². The third kappa shape index (κ3) is 4.34. The number of nitrogens with zero attached hydrogens (tertiary/aromatic N) is 1. The Hall–Kier alpha value is 0.500. The zero-order chi connectivity index (χ0) is 8.36. The summed E-state index contributed by atoms with van der Waals surface area (Å²) in [6.07, 6.45) is 0.122. The molecule has 4 heteroatoms. The molecular weight excluding hydrogens is 173 g/mol. The molecule has 10 heavy (non-hydrogen) atoms. The third-order valence-electron chi connectivity index (χ3n) is 1.20. The molecule has 62 valence electrons. The molecule has 0 bridgehead atoms. The van der Waals surface area contributed by atoms with Crippen LogP contribution in [0, 0.1) is 0 Å². The fourth-order valence-corrected chi connectivity index (χ4v) is 0.870. The van der Waals surface area contributed by atoms with Gasteiger partial charge in [0.25, 0.3) is 0 Å². The van der Waals surface area contributed by atoms with E-state index in [2.05, 4.69) is 0 Å². The van der Waals surface area contributed by atoms with E-state index in [9.17, 15) is 0 Å². The lowest BCUT2D eigenvalue weighted by molar-refractivity contribution is -0.786. The summed E-state index contributed by atoms with van der Waals surface area (Å²) in [5.74, 6) is 0. The van der Waals surface area contributed by atoms with Crippen LogP contribution in [0.5, 0.6) is 0 Å². The zero-order valence-electron chi connectivity index (χ0n) is 6.51. The minimum absolute atomic E-state index is 0.159. The van der Waals surface area contributed by atoms with Crippen molar-refractivity contribution in [2.75, 3.05) is 14.1 Å². The second kappa shape index (κ2) is 3.77. The molecule has 0 aliphatic heterocycles. The standard InChI is InChI=1S/C6H14Cl2NO/c1-5(10)4-6(7)9(2,3)8/h5-6,10H,4H2,1-3H3/q+1. The van der Waals surface area contributed by atoms with Crippen molar-refractivity contribution >= 4 is 23.4 Å². The van der Waals surface area contributed by atoms with Crippen molar-refractivity contribution in [2.45, 2.75) is 24.9 Å². The second-order valence-corrected chi connectivity index (χ2v) is 4.29. The molecule has 0 radical (unpaired) electrons. The van der Waals surface area contributed by atoms with E-state index in [0.717, 1.165) is 0 Å². The van der Waals surface area contributed by atoms with Gasteiger partial charge in [0.2, 0.25) is 0 Å². The minimum atomic E-state index is -0.390. The molecule has 2 nitrogen and oxygen atoms in total. The third-order valence-corrected chi connectivity index (χ3v) is 2.20. The molecular formula is C6H14Cl2NO+. The van der Waals surface area contributed by atoms with E-state index in [0.29, 0.717) is 6.42 Å². The number of alkyl halides is 1. The van der Waals surface area contributed by atoms with Gasteiger partial charge in [-0.25, -0.2) is 4.00 Å². The van der Waals surface area contributed by atoms with E-state index < -0.39 is 6.10 Å². The molecule has 0 aliphatic rings. The van der Waals surface area contributed by atoms with Gasteiger partial charge in [0, 0.05) is 6.42 Å². The van der Waals surface area contributed by atoms with Crippen LogP contribution in [0.4, 0.5) is 0 Å². The van der Waals surface area contributed by atoms with Gasteiger partial charge in [-0.1, -0.05) is 11.6 Å². The van der Waals surface area contributed by atoms with Gasteiger partial charge in [-0.15, -0.1) is 0 Å². The number of halogens is 2. The van der Waals surface area contributed by atoms with Crippen molar-refractivity contribution in [3.63, 3.8) is 0 Å². The molecule has 0 saturated heterocycles. The van der Waals surface area contributed by atoms with Gasteiger partial charge in [0.05, 0.1) is 20.2 Å². The lowest BCUT2D eigenvalue weighted by Crippen LogP contribution is -2.37. The Labute approximate surface area is 72.0 Å². The number of aliphatic hydroxyl groups excluding tert-OH is 1. The Balaban J connectivity index is 3.73. The fourth-order valence-electron chi connectivity index (χ4n) is 0.532. The smallest absolute Gasteiger partial charge is 0.183 e. The summed E-state index contributed by atoms with van der Waals surface area (Å²) in [7, 11) is 3.56. The molecule has 0 fully saturated rings. The minimum Gasteiger partial charge on any atom is -0.393 e. The highest BCUT2D eigenvalue weighted by atomic mass is 35.5. The maximum atomic E-state index is 8.93. The fraction of sp³-hybridized carbons (Fsp3) is 1.00. The molecule has 0 rings (SSSR count). The zero-order valence-corrected chi connectivity index (χ0v) is 8.02. The maximum absolute atomic E-state index is 8.93. The van der Waals surface area contributed by atoms with Crippen LogP contribution in [-0.2, 0) is 0 Å². The van der Waals surface area contributed by atoms with Crippen LogP contribution >= 0.6 is 23.4 Å². The van der Waals surface area contributed by atoms with E-state index in [1.165, 1.54) is 0 Å². The highest BCUT2D eigenvalue weighted by Gasteiger charge is 2.25. The van der Waals surface area contributed by atoms with Crippen molar-refractivity contribution in [2.24, 2.45) is 0 Å². The molecule has 0 aliphatic carbocycles. The summed E-state index contributed by atoms with van der Waals surface area (Å²) in [6.45, 7) is 1.70. The molecule has 2 atom stereocenters. The Kier molecular flexibility index (Phi) is 3.95. The Morgan fingerprint density at radius 1 is 1.50 bits per heavy atom. The molecule has 0 aromatic rings. The summed E-state index contributed by atoms with van der Waals surface area (Å²) in [6, 6.07) is 0. The number of hydrogen-bond acceptors (Lipinski definition) is 1. The molecule has 0 aromatic carbocycles. The number of aliphatic hydroxyl groups is 1. The molecule has 0 aromatic heterocycles. The van der Waals surface area contributed by atoms with Crippen molar-refractivity contribution < 1.29 is 9.11 Å². The van der Waals surface area contributed by atoms with Crippen LogP contribution in [0.25, 0.3) is 0 Å². The van der Waals surface area contributed by atoms with Crippen LogP contribution < -0.4 is 0 Å². The van der Waals surface area contributed by atoms with E-state index in [4.69, 9.17) is 28.5 Å². The summed E-state index contributed by atoms with van der Waals surface area (Å²) in [4.78, 5) is 0. The van der Waals surface area contributed by atoms with Gasteiger partial charge in [-0.2, -0.15) is 0 Å². The van der Waals surface area contributed by atoms with Gasteiger partial charge in [-0.05, 0) is 6.92 Å². The van der Waals surface area contributed by atoms with E-state index >= 15 is 0 Å². The lowest BCUT2D eigenvalue weighted by atomic mass is 10.3. The number of rotatable bonds is 3. The molecule has 0 amide bonds. The normalized spacial score (nSPS) is 18.6. The molecule has 1 N–H and O–H groups in total. The van der Waals surface area contributed by atoms with Crippen molar-refractivity contribution in [1.29, 1.82) is 0 Å². The first-order valence-electron chi connectivity index (χ1n) is 3.19. The van der Waals surface area contributed by atoms with Gasteiger partial charge in [-0.3, -0.25) is 0 Å². The van der Waals surface area contributed by atoms with Crippen molar-refractivity contribution in [3.05, 3.63) is 0 Å². The largest absolute Gasteiger partial charge is 0.393 e. The average molecular weight is 187 g/mol. The SMILES string of the molecule is CC(O)CC(Cl)[N+](C)(C)Cl. The maximum Gasteiger partial charge on any atom is 0.183 e. The quantitative estimate of drug-likeness (QED) is 0.403. The Morgan fingerprint density at radius 2 is 1.90 bits per heavy atom. The van der Waals surface area contributed by atoms with E-state index in [1.807, 2.05) is 0 Å². The first kappa shape index (κ1) is 10.5. The van der Waals surface area contributed by atoms with Gasteiger partial charge in [0.15, 0.2) is 17.3 Å². The predicted octanol–water partition coefficient (Wildman–Crippen LogP) is 1.55. The molecule has 0 saturated carbocycles. The second-order valence-electron chi connectivity index (χ2n) is 2.92. The summed E-state index contributed by atoms with van der Waals surface area (Å²) in [5.41, 5.74) is -0.235. The first-order chi connectivity index (χ1) is 4.34. The summed E-state index contributed by atoms with van der Waals surface area (Å²) < 4.78 is 0.159.